The van der Waals surface area contributed by atoms with E-state index in [9.17, 15) is 9.90 Å². The van der Waals surface area contributed by atoms with E-state index in [4.69, 9.17) is 16.7 Å². The first kappa shape index (κ1) is 11.5. The molecule has 2 rings (SSSR count). The van der Waals surface area contributed by atoms with Crippen LogP contribution in [-0.2, 0) is 0 Å². The lowest BCUT2D eigenvalue weighted by Gasteiger charge is -2.04. The molecule has 3 nitrogen and oxygen atoms in total. The predicted molar refractivity (Wildman–Crippen MR) is 68.9 cm³/mol. The largest absolute Gasteiger partial charge is 0.508 e. The Labute approximate surface area is 106 Å². The fourth-order valence-electron chi connectivity index (χ4n) is 1.47. The summed E-state index contributed by atoms with van der Waals surface area (Å²) in [6.07, 6.45) is 0. The molecule has 0 unspecified atom stereocenters. The van der Waals surface area contributed by atoms with E-state index < -0.39 is 0 Å². The van der Waals surface area contributed by atoms with Gasteiger partial charge in [0.05, 0.1) is 5.56 Å². The SMILES string of the molecule is O=C(c1ccc(Cl)cc1)c1ccc(O)cc1O.[HH].[HH]. The third-order valence-corrected chi connectivity index (χ3v) is 2.58. The number of aromatic hydroxyl groups is 2. The number of ketones is 1. The second-order valence-corrected chi connectivity index (χ2v) is 3.97. The van der Waals surface area contributed by atoms with Crippen molar-refractivity contribution in [1.29, 1.82) is 0 Å². The van der Waals surface area contributed by atoms with E-state index in [-0.39, 0.29) is 25.7 Å². The van der Waals surface area contributed by atoms with Crippen molar-refractivity contribution in [1.82, 2.24) is 0 Å². The molecule has 0 aliphatic rings. The molecule has 2 aromatic carbocycles. The van der Waals surface area contributed by atoms with Crippen LogP contribution in [0.3, 0.4) is 0 Å². The average molecular weight is 253 g/mol. The minimum Gasteiger partial charge on any atom is -0.508 e. The number of hydrogen-bond donors (Lipinski definition) is 2. The van der Waals surface area contributed by atoms with Crippen LogP contribution in [0.25, 0.3) is 0 Å². The quantitative estimate of drug-likeness (QED) is 0.805. The Morgan fingerprint density at radius 1 is 1.06 bits per heavy atom. The van der Waals surface area contributed by atoms with E-state index in [1.165, 1.54) is 12.1 Å². The molecule has 0 heterocycles. The highest BCUT2D eigenvalue weighted by Gasteiger charge is 2.13. The van der Waals surface area contributed by atoms with Crippen molar-refractivity contribution in [3.63, 3.8) is 0 Å². The zero-order valence-corrected chi connectivity index (χ0v) is 9.48. The molecule has 0 amide bonds. The molecular formula is C13H13ClO3. The van der Waals surface area contributed by atoms with Gasteiger partial charge in [-0.05, 0) is 36.4 Å². The molecule has 17 heavy (non-hydrogen) atoms. The van der Waals surface area contributed by atoms with Gasteiger partial charge in [-0.15, -0.1) is 0 Å². The highest BCUT2D eigenvalue weighted by molar-refractivity contribution is 6.30. The Hall–Kier alpha value is -2.00. The summed E-state index contributed by atoms with van der Waals surface area (Å²) < 4.78 is 0. The summed E-state index contributed by atoms with van der Waals surface area (Å²) in [5, 5.41) is 19.2. The molecule has 0 saturated carbocycles. The van der Waals surface area contributed by atoms with Crippen molar-refractivity contribution in [2.24, 2.45) is 0 Å². The van der Waals surface area contributed by atoms with E-state index in [0.29, 0.717) is 10.6 Å². The summed E-state index contributed by atoms with van der Waals surface area (Å²) >= 11 is 5.72. The number of rotatable bonds is 2. The van der Waals surface area contributed by atoms with E-state index in [1.807, 2.05) is 0 Å². The lowest BCUT2D eigenvalue weighted by Crippen LogP contribution is -2.01. The van der Waals surface area contributed by atoms with Gasteiger partial charge in [-0.1, -0.05) is 11.6 Å². The highest BCUT2D eigenvalue weighted by Crippen LogP contribution is 2.25. The number of phenolic OH excluding ortho intramolecular Hbond substituents is 2. The van der Waals surface area contributed by atoms with Gasteiger partial charge < -0.3 is 10.2 Å². The normalized spacial score (nSPS) is 10.2. The lowest BCUT2D eigenvalue weighted by atomic mass is 10.0. The van der Waals surface area contributed by atoms with Gasteiger partial charge in [-0.3, -0.25) is 4.79 Å². The Balaban J connectivity index is 0.00000162. The molecule has 0 aliphatic carbocycles. The molecule has 2 aromatic rings. The van der Waals surface area contributed by atoms with Crippen LogP contribution in [0.5, 0.6) is 11.5 Å². The van der Waals surface area contributed by atoms with Crippen LogP contribution in [0, 0.1) is 0 Å². The van der Waals surface area contributed by atoms with Gasteiger partial charge in [0, 0.05) is 19.5 Å². The second kappa shape index (κ2) is 4.47. The third kappa shape index (κ3) is 2.40. The summed E-state index contributed by atoms with van der Waals surface area (Å²) in [4.78, 5) is 12.0. The van der Waals surface area contributed by atoms with E-state index in [2.05, 4.69) is 0 Å². The van der Waals surface area contributed by atoms with E-state index in [0.717, 1.165) is 6.07 Å². The van der Waals surface area contributed by atoms with Crippen molar-refractivity contribution in [3.05, 3.63) is 58.6 Å². The summed E-state index contributed by atoms with van der Waals surface area (Å²) in [6, 6.07) is 10.2. The smallest absolute Gasteiger partial charge is 0.196 e. The zero-order chi connectivity index (χ0) is 12.4. The van der Waals surface area contributed by atoms with Gasteiger partial charge >= 0.3 is 0 Å². The minimum absolute atomic E-state index is 0. The molecule has 90 valence electrons. The molecule has 0 saturated heterocycles. The van der Waals surface area contributed by atoms with Crippen LogP contribution in [0.2, 0.25) is 5.02 Å². The van der Waals surface area contributed by atoms with E-state index >= 15 is 0 Å². The first-order chi connectivity index (χ1) is 8.08. The number of carbonyl (C=O) groups is 1. The van der Waals surface area contributed by atoms with E-state index in [1.54, 1.807) is 24.3 Å². The van der Waals surface area contributed by atoms with Crippen LogP contribution in [0.4, 0.5) is 0 Å². The molecule has 0 fully saturated rings. The topological polar surface area (TPSA) is 57.5 Å². The second-order valence-electron chi connectivity index (χ2n) is 3.54. The number of carbonyl (C=O) groups excluding carboxylic acids is 1. The molecule has 0 spiro atoms. The predicted octanol–water partition coefficient (Wildman–Crippen LogP) is 3.47. The Morgan fingerprint density at radius 3 is 2.29 bits per heavy atom. The van der Waals surface area contributed by atoms with Crippen molar-refractivity contribution in [2.75, 3.05) is 0 Å². The maximum atomic E-state index is 12.0. The summed E-state index contributed by atoms with van der Waals surface area (Å²) in [5.41, 5.74) is 0.570. The lowest BCUT2D eigenvalue weighted by molar-refractivity contribution is 0.103. The van der Waals surface area contributed by atoms with Gasteiger partial charge in [-0.25, -0.2) is 0 Å². The molecule has 4 heteroatoms. The highest BCUT2D eigenvalue weighted by atomic mass is 35.5. The van der Waals surface area contributed by atoms with Gasteiger partial charge in [0.1, 0.15) is 11.5 Å². The molecule has 0 atom stereocenters. The summed E-state index contributed by atoms with van der Waals surface area (Å²) in [5.74, 6) is -0.653. The minimum atomic E-state index is -0.320. The van der Waals surface area contributed by atoms with Crippen LogP contribution >= 0.6 is 11.6 Å². The van der Waals surface area contributed by atoms with Crippen molar-refractivity contribution >= 4 is 17.4 Å². The van der Waals surface area contributed by atoms with Crippen LogP contribution in [0.15, 0.2) is 42.5 Å². The molecular weight excluding hydrogens is 240 g/mol. The monoisotopic (exact) mass is 252 g/mol. The van der Waals surface area contributed by atoms with Gasteiger partial charge in [-0.2, -0.15) is 0 Å². The van der Waals surface area contributed by atoms with Gasteiger partial charge in [0.25, 0.3) is 0 Å². The molecule has 0 aliphatic heterocycles. The fraction of sp³-hybridized carbons (Fsp3) is 0. The molecule has 0 aromatic heterocycles. The van der Waals surface area contributed by atoms with Crippen molar-refractivity contribution in [2.45, 2.75) is 0 Å². The summed E-state index contributed by atoms with van der Waals surface area (Å²) in [6.45, 7) is 0. The summed E-state index contributed by atoms with van der Waals surface area (Å²) in [7, 11) is 0. The third-order valence-electron chi connectivity index (χ3n) is 2.33. The van der Waals surface area contributed by atoms with Gasteiger partial charge in [0.15, 0.2) is 5.78 Å². The van der Waals surface area contributed by atoms with Crippen LogP contribution in [0.1, 0.15) is 18.8 Å². The first-order valence-corrected chi connectivity index (χ1v) is 5.28. The molecule has 0 radical (unpaired) electrons. The number of benzene rings is 2. The van der Waals surface area contributed by atoms with Gasteiger partial charge in [0.2, 0.25) is 0 Å². The Morgan fingerprint density at radius 2 is 1.71 bits per heavy atom. The Kier molecular flexibility index (Phi) is 3.02. The molecule has 0 bridgehead atoms. The number of halogens is 1. The number of hydrogen-bond acceptors (Lipinski definition) is 3. The number of phenols is 2. The van der Waals surface area contributed by atoms with Crippen molar-refractivity contribution in [3.8, 4) is 11.5 Å². The van der Waals surface area contributed by atoms with Crippen molar-refractivity contribution < 1.29 is 17.9 Å². The first-order valence-electron chi connectivity index (χ1n) is 4.90. The zero-order valence-electron chi connectivity index (χ0n) is 8.72. The maximum absolute atomic E-state index is 12.0. The van der Waals surface area contributed by atoms with Crippen LogP contribution < -0.4 is 0 Å². The Bertz CT molecular complexity index is 571. The average Bonchev–Trinajstić information content (AvgIpc) is 2.29. The molecule has 2 N–H and O–H groups in total. The maximum Gasteiger partial charge on any atom is 0.196 e. The fourth-order valence-corrected chi connectivity index (χ4v) is 1.59. The van der Waals surface area contributed by atoms with Crippen LogP contribution in [-0.4, -0.2) is 16.0 Å². The standard InChI is InChI=1S/C13H9ClO3.2H2/c14-9-3-1-8(2-4-9)13(17)11-6-5-10(15)7-12(11)16;;/h1-7,15-16H;2*1H.